The minimum atomic E-state index is 0.598. The predicted molar refractivity (Wildman–Crippen MR) is 69.3 cm³/mol. The third-order valence-electron chi connectivity index (χ3n) is 2.54. The molecule has 6 heteroatoms. The van der Waals surface area contributed by atoms with Crippen LogP contribution in [0.5, 0.6) is 0 Å². The summed E-state index contributed by atoms with van der Waals surface area (Å²) in [6.45, 7) is 2.08. The monoisotopic (exact) mass is 245 g/mol. The van der Waals surface area contributed by atoms with Gasteiger partial charge >= 0.3 is 0 Å². The number of anilines is 1. The molecule has 3 aromatic rings. The summed E-state index contributed by atoms with van der Waals surface area (Å²) < 4.78 is 0. The van der Waals surface area contributed by atoms with Gasteiger partial charge < -0.3 is 5.32 Å². The van der Waals surface area contributed by atoms with Gasteiger partial charge in [-0.05, 0) is 13.0 Å². The van der Waals surface area contributed by atoms with Gasteiger partial charge in [-0.15, -0.1) is 11.3 Å². The summed E-state index contributed by atoms with van der Waals surface area (Å²) in [5.74, 6) is 0.598. The average molecular weight is 245 g/mol. The Morgan fingerprint density at radius 2 is 2.24 bits per heavy atom. The fourth-order valence-corrected chi connectivity index (χ4v) is 2.42. The van der Waals surface area contributed by atoms with Crippen molar-refractivity contribution in [1.29, 1.82) is 0 Å². The van der Waals surface area contributed by atoms with Gasteiger partial charge in [-0.25, -0.2) is 4.98 Å². The highest BCUT2D eigenvalue weighted by Gasteiger charge is 2.11. The molecular formula is C11H11N5S. The highest BCUT2D eigenvalue weighted by atomic mass is 32.1. The van der Waals surface area contributed by atoms with Crippen molar-refractivity contribution in [2.45, 2.75) is 6.92 Å². The van der Waals surface area contributed by atoms with Gasteiger partial charge in [0.25, 0.3) is 0 Å². The van der Waals surface area contributed by atoms with Crippen molar-refractivity contribution in [1.82, 2.24) is 20.2 Å². The molecule has 3 heterocycles. The van der Waals surface area contributed by atoms with Gasteiger partial charge in [-0.3, -0.25) is 5.10 Å². The van der Waals surface area contributed by atoms with E-state index in [9.17, 15) is 0 Å². The molecule has 0 spiro atoms. The fraction of sp³-hybridized carbons (Fsp3) is 0.182. The maximum Gasteiger partial charge on any atom is 0.225 e. The van der Waals surface area contributed by atoms with Crippen LogP contribution in [0.1, 0.15) is 4.88 Å². The number of fused-ring (bicyclic) bond motifs is 1. The normalized spacial score (nSPS) is 10.9. The Hall–Kier alpha value is -1.95. The van der Waals surface area contributed by atoms with E-state index >= 15 is 0 Å². The number of rotatable bonds is 2. The van der Waals surface area contributed by atoms with Gasteiger partial charge in [0.1, 0.15) is 0 Å². The standard InChI is InChI=1S/C11H11N5S/c1-6-3-7(5-17-6)9-8-4-13-16-10(8)15-11(12-2)14-9/h3-5H,1-2H3,(H2,12,13,14,15,16). The Labute approximate surface area is 102 Å². The predicted octanol–water partition coefficient (Wildman–Crippen LogP) is 2.43. The second-order valence-electron chi connectivity index (χ2n) is 3.72. The van der Waals surface area contributed by atoms with E-state index in [4.69, 9.17) is 0 Å². The largest absolute Gasteiger partial charge is 0.357 e. The Balaban J connectivity index is 2.29. The maximum absolute atomic E-state index is 4.50. The highest BCUT2D eigenvalue weighted by Crippen LogP contribution is 2.29. The number of aromatic nitrogens is 4. The zero-order valence-electron chi connectivity index (χ0n) is 9.48. The van der Waals surface area contributed by atoms with E-state index in [1.807, 2.05) is 0 Å². The number of H-pyrrole nitrogens is 1. The summed E-state index contributed by atoms with van der Waals surface area (Å²) in [4.78, 5) is 10.1. The molecule has 0 aliphatic heterocycles. The first-order valence-corrected chi connectivity index (χ1v) is 6.10. The first-order valence-electron chi connectivity index (χ1n) is 5.22. The van der Waals surface area contributed by atoms with Crippen molar-refractivity contribution in [2.24, 2.45) is 0 Å². The van der Waals surface area contributed by atoms with Gasteiger partial charge in [0.2, 0.25) is 5.95 Å². The van der Waals surface area contributed by atoms with Crippen LogP contribution < -0.4 is 5.32 Å². The van der Waals surface area contributed by atoms with Crippen molar-refractivity contribution >= 4 is 28.3 Å². The number of thiophene rings is 1. The lowest BCUT2D eigenvalue weighted by atomic mass is 10.2. The SMILES string of the molecule is CNc1nc(-c2csc(C)c2)c2cn[nH]c2n1. The quantitative estimate of drug-likeness (QED) is 0.727. The van der Waals surface area contributed by atoms with Crippen LogP contribution in [0.4, 0.5) is 5.95 Å². The van der Waals surface area contributed by atoms with E-state index in [2.05, 4.69) is 43.9 Å². The number of aryl methyl sites for hydroxylation is 1. The molecule has 0 unspecified atom stereocenters. The summed E-state index contributed by atoms with van der Waals surface area (Å²) in [6.07, 6.45) is 1.76. The zero-order valence-corrected chi connectivity index (χ0v) is 10.3. The van der Waals surface area contributed by atoms with E-state index in [-0.39, 0.29) is 0 Å². The topological polar surface area (TPSA) is 66.5 Å². The molecule has 17 heavy (non-hydrogen) atoms. The van der Waals surface area contributed by atoms with Crippen LogP contribution in [-0.2, 0) is 0 Å². The molecular weight excluding hydrogens is 234 g/mol. The van der Waals surface area contributed by atoms with E-state index in [0.29, 0.717) is 5.95 Å². The molecule has 0 amide bonds. The number of nitrogens with zero attached hydrogens (tertiary/aromatic N) is 3. The summed E-state index contributed by atoms with van der Waals surface area (Å²) in [7, 11) is 1.81. The van der Waals surface area contributed by atoms with E-state index < -0.39 is 0 Å². The second kappa shape index (κ2) is 3.81. The molecule has 5 nitrogen and oxygen atoms in total. The maximum atomic E-state index is 4.50. The minimum Gasteiger partial charge on any atom is -0.357 e. The third kappa shape index (κ3) is 1.66. The molecule has 86 valence electrons. The lowest BCUT2D eigenvalue weighted by molar-refractivity contribution is 1.09. The van der Waals surface area contributed by atoms with E-state index in [1.165, 1.54) is 4.88 Å². The molecule has 3 aromatic heterocycles. The summed E-state index contributed by atoms with van der Waals surface area (Å²) in [5.41, 5.74) is 2.78. The molecule has 0 saturated carbocycles. The van der Waals surface area contributed by atoms with Crippen LogP contribution in [0.15, 0.2) is 17.6 Å². The van der Waals surface area contributed by atoms with Crippen LogP contribution in [0, 0.1) is 6.92 Å². The minimum absolute atomic E-state index is 0.598. The van der Waals surface area contributed by atoms with Crippen LogP contribution in [0.2, 0.25) is 0 Å². The number of hydrogen-bond donors (Lipinski definition) is 2. The third-order valence-corrected chi connectivity index (χ3v) is 3.40. The Kier molecular flexibility index (Phi) is 2.29. The molecule has 0 atom stereocenters. The smallest absolute Gasteiger partial charge is 0.225 e. The molecule has 0 saturated heterocycles. The Morgan fingerprint density at radius 1 is 1.35 bits per heavy atom. The molecule has 2 N–H and O–H groups in total. The van der Waals surface area contributed by atoms with Crippen molar-refractivity contribution < 1.29 is 0 Å². The molecule has 0 aliphatic carbocycles. The van der Waals surface area contributed by atoms with Crippen LogP contribution in [0.25, 0.3) is 22.3 Å². The molecule has 0 radical (unpaired) electrons. The van der Waals surface area contributed by atoms with Crippen molar-refractivity contribution in [3.05, 3.63) is 22.5 Å². The fourth-order valence-electron chi connectivity index (χ4n) is 1.73. The van der Waals surface area contributed by atoms with E-state index in [0.717, 1.165) is 22.3 Å². The summed E-state index contributed by atoms with van der Waals surface area (Å²) in [5, 5.41) is 12.9. The Morgan fingerprint density at radius 3 is 2.94 bits per heavy atom. The first kappa shape index (κ1) is 10.2. The zero-order chi connectivity index (χ0) is 11.8. The summed E-state index contributed by atoms with van der Waals surface area (Å²) >= 11 is 1.71. The molecule has 0 fully saturated rings. The first-order chi connectivity index (χ1) is 8.28. The number of nitrogens with one attached hydrogen (secondary N) is 2. The van der Waals surface area contributed by atoms with Crippen LogP contribution >= 0.6 is 11.3 Å². The van der Waals surface area contributed by atoms with Crippen molar-refractivity contribution in [3.63, 3.8) is 0 Å². The van der Waals surface area contributed by atoms with Gasteiger partial charge in [-0.2, -0.15) is 10.1 Å². The molecule has 0 aromatic carbocycles. The summed E-state index contributed by atoms with van der Waals surface area (Å²) in [6, 6.07) is 2.12. The number of aromatic amines is 1. The van der Waals surface area contributed by atoms with Gasteiger partial charge in [-0.1, -0.05) is 0 Å². The van der Waals surface area contributed by atoms with Gasteiger partial charge in [0.05, 0.1) is 17.3 Å². The Bertz CT molecular complexity index is 669. The second-order valence-corrected chi connectivity index (χ2v) is 4.84. The van der Waals surface area contributed by atoms with Crippen LogP contribution in [-0.4, -0.2) is 27.2 Å². The van der Waals surface area contributed by atoms with Crippen LogP contribution in [0.3, 0.4) is 0 Å². The van der Waals surface area contributed by atoms with Crippen molar-refractivity contribution in [2.75, 3.05) is 12.4 Å². The lowest BCUT2D eigenvalue weighted by Crippen LogP contribution is -1.98. The molecule has 3 rings (SSSR count). The van der Waals surface area contributed by atoms with E-state index in [1.54, 1.807) is 24.6 Å². The molecule has 0 aliphatic rings. The van der Waals surface area contributed by atoms with Gasteiger partial charge in [0, 0.05) is 22.9 Å². The average Bonchev–Trinajstić information content (AvgIpc) is 2.95. The highest BCUT2D eigenvalue weighted by molar-refractivity contribution is 7.10. The van der Waals surface area contributed by atoms with Gasteiger partial charge in [0.15, 0.2) is 5.65 Å². The number of hydrogen-bond acceptors (Lipinski definition) is 5. The lowest BCUT2D eigenvalue weighted by Gasteiger charge is -2.02. The van der Waals surface area contributed by atoms with Crippen molar-refractivity contribution in [3.8, 4) is 11.3 Å². The molecule has 0 bridgehead atoms.